The Morgan fingerprint density at radius 2 is 1.88 bits per heavy atom. The average Bonchev–Trinajstić information content (AvgIpc) is 3.17. The minimum absolute atomic E-state index is 0.223. The molecule has 0 N–H and O–H groups in total. The largest absolute Gasteiger partial charge is 0.332 e. The molecule has 4 aromatic rings. The summed E-state index contributed by atoms with van der Waals surface area (Å²) in [7, 11) is 1.67. The van der Waals surface area contributed by atoms with Gasteiger partial charge in [-0.15, -0.1) is 0 Å². The molecule has 0 spiro atoms. The van der Waals surface area contributed by atoms with E-state index in [1.165, 1.54) is 9.13 Å². The lowest BCUT2D eigenvalue weighted by Crippen LogP contribution is -2.40. The van der Waals surface area contributed by atoms with E-state index in [1.807, 2.05) is 60.9 Å². The highest BCUT2D eigenvalue weighted by molar-refractivity contribution is 6.31. The number of aryl methyl sites for hydroxylation is 4. The number of nitrogens with zero attached hydrogens (tertiary/aromatic N) is 5. The van der Waals surface area contributed by atoms with Crippen molar-refractivity contribution >= 4 is 34.4 Å². The number of hydrogen-bond acceptors (Lipinski definition) is 4. The average molecular weight is 450 g/mol. The van der Waals surface area contributed by atoms with E-state index in [1.54, 1.807) is 7.05 Å². The summed E-state index contributed by atoms with van der Waals surface area (Å²) in [4.78, 5) is 33.4. The summed E-state index contributed by atoms with van der Waals surface area (Å²) >= 11 is 6.37. The summed E-state index contributed by atoms with van der Waals surface area (Å²) in [6.07, 6.45) is 0.851. The number of imidazole rings is 1. The lowest BCUT2D eigenvalue weighted by Gasteiger charge is -2.29. The molecule has 0 saturated heterocycles. The monoisotopic (exact) mass is 449 g/mol. The van der Waals surface area contributed by atoms with Gasteiger partial charge in [0.1, 0.15) is 0 Å². The van der Waals surface area contributed by atoms with E-state index >= 15 is 0 Å². The van der Waals surface area contributed by atoms with E-state index < -0.39 is 0 Å². The van der Waals surface area contributed by atoms with Gasteiger partial charge in [0.15, 0.2) is 11.2 Å². The van der Waals surface area contributed by atoms with Gasteiger partial charge in [0.25, 0.3) is 5.56 Å². The van der Waals surface area contributed by atoms with E-state index in [0.717, 1.165) is 35.3 Å². The zero-order chi connectivity index (χ0) is 22.6. The van der Waals surface area contributed by atoms with Crippen LogP contribution in [0.25, 0.3) is 11.2 Å². The third-order valence-electron chi connectivity index (χ3n) is 6.11. The Morgan fingerprint density at radius 1 is 1.06 bits per heavy atom. The van der Waals surface area contributed by atoms with Crippen molar-refractivity contribution < 1.29 is 0 Å². The second kappa shape index (κ2) is 7.67. The smallest absolute Gasteiger partial charge is 0.312 e. The van der Waals surface area contributed by atoms with E-state index in [-0.39, 0.29) is 17.8 Å². The fraction of sp³-hybridized carbons (Fsp3) is 0.292. The van der Waals surface area contributed by atoms with Crippen LogP contribution in [-0.4, -0.2) is 25.2 Å². The van der Waals surface area contributed by atoms with Gasteiger partial charge in [0, 0.05) is 30.8 Å². The van der Waals surface area contributed by atoms with Crippen molar-refractivity contribution in [1.29, 1.82) is 0 Å². The highest BCUT2D eigenvalue weighted by Gasteiger charge is 2.27. The van der Waals surface area contributed by atoms with Crippen molar-refractivity contribution in [2.45, 2.75) is 33.4 Å². The molecule has 7 nitrogen and oxygen atoms in total. The fourth-order valence-electron chi connectivity index (χ4n) is 4.39. The summed E-state index contributed by atoms with van der Waals surface area (Å²) in [5, 5.41) is 0.684. The molecular formula is C24H24ClN5O2. The minimum Gasteiger partial charge on any atom is -0.312 e. The van der Waals surface area contributed by atoms with Crippen LogP contribution in [0.2, 0.25) is 5.02 Å². The standard InChI is InChI=1S/C24H24ClN5O2/c1-15-6-4-7-17(12-15)14-30-22(31)20-21(27(3)24(30)32)26-23-28(10-5-11-29(20)23)18-9-8-16(2)19(25)13-18/h4,6-9,12-13H,5,10-11,14H2,1-3H3. The Labute approximate surface area is 190 Å². The van der Waals surface area contributed by atoms with Crippen molar-refractivity contribution in [1.82, 2.24) is 18.7 Å². The van der Waals surface area contributed by atoms with Gasteiger partial charge in [0.2, 0.25) is 5.95 Å². The van der Waals surface area contributed by atoms with Crippen molar-refractivity contribution in [3.05, 3.63) is 85.0 Å². The third-order valence-corrected chi connectivity index (χ3v) is 6.51. The van der Waals surface area contributed by atoms with Crippen molar-refractivity contribution in [3.63, 3.8) is 0 Å². The third kappa shape index (κ3) is 3.24. The topological polar surface area (TPSA) is 65.1 Å². The molecule has 2 aromatic heterocycles. The lowest BCUT2D eigenvalue weighted by molar-refractivity contribution is 0.597. The normalized spacial score (nSPS) is 13.6. The van der Waals surface area contributed by atoms with Gasteiger partial charge in [-0.3, -0.25) is 13.9 Å². The van der Waals surface area contributed by atoms with Gasteiger partial charge in [-0.25, -0.2) is 4.79 Å². The second-order valence-corrected chi connectivity index (χ2v) is 8.80. The van der Waals surface area contributed by atoms with Gasteiger partial charge in [-0.2, -0.15) is 4.98 Å². The summed E-state index contributed by atoms with van der Waals surface area (Å²) in [5.74, 6) is 0.659. The second-order valence-electron chi connectivity index (χ2n) is 8.40. The molecule has 8 heteroatoms. The highest BCUT2D eigenvalue weighted by atomic mass is 35.5. The van der Waals surface area contributed by atoms with E-state index in [2.05, 4.69) is 4.90 Å². The SMILES string of the molecule is Cc1cccc(Cn2c(=O)c3c(nc4n3CCCN4c3ccc(C)c(Cl)c3)n(C)c2=O)c1. The Balaban J connectivity index is 1.70. The number of anilines is 2. The fourth-order valence-corrected chi connectivity index (χ4v) is 4.57. The lowest BCUT2D eigenvalue weighted by atomic mass is 10.1. The first-order valence-corrected chi connectivity index (χ1v) is 11.0. The van der Waals surface area contributed by atoms with Crippen LogP contribution < -0.4 is 16.1 Å². The van der Waals surface area contributed by atoms with Gasteiger partial charge in [0.05, 0.1) is 6.54 Å². The van der Waals surface area contributed by atoms with Crippen molar-refractivity contribution in [2.24, 2.45) is 7.05 Å². The molecule has 32 heavy (non-hydrogen) atoms. The molecule has 0 aliphatic carbocycles. The molecule has 0 unspecified atom stereocenters. The Bertz CT molecular complexity index is 1480. The Morgan fingerprint density at radius 3 is 2.62 bits per heavy atom. The summed E-state index contributed by atoms with van der Waals surface area (Å²) in [6, 6.07) is 13.7. The van der Waals surface area contributed by atoms with E-state index in [4.69, 9.17) is 16.6 Å². The molecule has 0 radical (unpaired) electrons. The maximum absolute atomic E-state index is 13.5. The number of fused-ring (bicyclic) bond motifs is 3. The molecule has 164 valence electrons. The van der Waals surface area contributed by atoms with Crippen LogP contribution >= 0.6 is 11.6 Å². The van der Waals surface area contributed by atoms with Gasteiger partial charge < -0.3 is 9.47 Å². The highest BCUT2D eigenvalue weighted by Crippen LogP contribution is 2.33. The van der Waals surface area contributed by atoms with E-state index in [0.29, 0.717) is 28.7 Å². The van der Waals surface area contributed by atoms with Crippen LogP contribution in [0, 0.1) is 13.8 Å². The van der Waals surface area contributed by atoms with Gasteiger partial charge in [-0.1, -0.05) is 47.5 Å². The Kier molecular flexibility index (Phi) is 4.93. The summed E-state index contributed by atoms with van der Waals surface area (Å²) in [5.41, 5.74) is 4.10. The minimum atomic E-state index is -0.371. The van der Waals surface area contributed by atoms with Crippen molar-refractivity contribution in [3.8, 4) is 0 Å². The number of benzene rings is 2. The van der Waals surface area contributed by atoms with Crippen LogP contribution in [-0.2, 0) is 20.1 Å². The molecule has 0 fully saturated rings. The zero-order valence-corrected chi connectivity index (χ0v) is 19.1. The molecule has 0 atom stereocenters. The maximum Gasteiger partial charge on any atom is 0.332 e. The molecule has 2 aromatic carbocycles. The summed E-state index contributed by atoms with van der Waals surface area (Å²) < 4.78 is 4.70. The number of hydrogen-bond donors (Lipinski definition) is 0. The Hall–Kier alpha value is -3.32. The van der Waals surface area contributed by atoms with Crippen LogP contribution in [0.4, 0.5) is 11.6 Å². The molecule has 0 saturated carbocycles. The van der Waals surface area contributed by atoms with Crippen LogP contribution in [0.15, 0.2) is 52.1 Å². The summed E-state index contributed by atoms with van der Waals surface area (Å²) in [6.45, 7) is 5.60. The molecule has 0 amide bonds. The predicted molar refractivity (Wildman–Crippen MR) is 127 cm³/mol. The predicted octanol–water partition coefficient (Wildman–Crippen LogP) is 3.76. The van der Waals surface area contributed by atoms with Gasteiger partial charge in [-0.05, 0) is 43.5 Å². The number of rotatable bonds is 3. The first-order valence-electron chi connectivity index (χ1n) is 10.6. The maximum atomic E-state index is 13.5. The molecular weight excluding hydrogens is 426 g/mol. The molecule has 5 rings (SSSR count). The molecule has 1 aliphatic rings. The molecule has 0 bridgehead atoms. The number of aromatic nitrogens is 4. The zero-order valence-electron chi connectivity index (χ0n) is 18.3. The van der Waals surface area contributed by atoms with Gasteiger partial charge >= 0.3 is 5.69 Å². The van der Waals surface area contributed by atoms with E-state index in [9.17, 15) is 9.59 Å². The number of halogens is 1. The molecule has 1 aliphatic heterocycles. The van der Waals surface area contributed by atoms with Crippen molar-refractivity contribution in [2.75, 3.05) is 11.4 Å². The molecule has 3 heterocycles. The van der Waals surface area contributed by atoms with Crippen LogP contribution in [0.5, 0.6) is 0 Å². The first-order chi connectivity index (χ1) is 15.3. The van der Waals surface area contributed by atoms with Crippen LogP contribution in [0.3, 0.4) is 0 Å². The van der Waals surface area contributed by atoms with Crippen LogP contribution in [0.1, 0.15) is 23.1 Å². The first kappa shape index (κ1) is 20.6. The quantitative estimate of drug-likeness (QED) is 0.477.